The minimum atomic E-state index is 0. The van der Waals surface area contributed by atoms with Crippen LogP contribution in [0, 0.1) is 0 Å². The second kappa shape index (κ2) is 12.2. The highest BCUT2D eigenvalue weighted by Gasteiger charge is 1.95. The molecule has 0 atom stereocenters. The first kappa shape index (κ1) is 13.2. The molecule has 0 spiro atoms. The summed E-state index contributed by atoms with van der Waals surface area (Å²) in [5.41, 5.74) is 0. The molecule has 0 aromatic carbocycles. The predicted octanol–water partition coefficient (Wildman–Crippen LogP) is 2.94. The van der Waals surface area contributed by atoms with Gasteiger partial charge in [0.2, 0.25) is 0 Å². The zero-order valence-electron chi connectivity index (χ0n) is 6.21. The molecule has 0 unspecified atom stereocenters. The molecule has 1 aliphatic rings. The van der Waals surface area contributed by atoms with E-state index in [4.69, 9.17) is 23.2 Å². The fourth-order valence-corrected chi connectivity index (χ4v) is 1.06. The van der Waals surface area contributed by atoms with E-state index in [2.05, 4.69) is 0 Å². The van der Waals surface area contributed by atoms with E-state index in [-0.39, 0.29) is 10.8 Å². The van der Waals surface area contributed by atoms with Crippen molar-refractivity contribution in [1.82, 2.24) is 0 Å². The van der Waals surface area contributed by atoms with Crippen LogP contribution < -0.4 is 0 Å². The van der Waals surface area contributed by atoms with Crippen molar-refractivity contribution in [3.63, 3.8) is 0 Å². The monoisotopic (exact) mass is 186 g/mol. The number of rotatable bonds is 0. The molecule has 0 radical (unpaired) electrons. The maximum atomic E-state index is 4.76. The van der Waals surface area contributed by atoms with Crippen LogP contribution in [0.4, 0.5) is 0 Å². The number of hydrogen-bond acceptors (Lipinski definition) is 0. The maximum Gasteiger partial charge on any atom is 0.0967 e. The van der Waals surface area contributed by atoms with E-state index in [9.17, 15) is 0 Å². The Bertz CT molecular complexity index is 35.4. The molecule has 64 valence electrons. The van der Waals surface area contributed by atoms with Crippen LogP contribution in [0.5, 0.6) is 0 Å². The van der Waals surface area contributed by atoms with Gasteiger partial charge in [0.15, 0.2) is 0 Å². The average molecular weight is 187 g/mol. The van der Waals surface area contributed by atoms with Gasteiger partial charge in [0.25, 0.3) is 0 Å². The lowest BCUT2D eigenvalue weighted by Crippen LogP contribution is -1.85. The van der Waals surface area contributed by atoms with Crippen molar-refractivity contribution in [2.75, 3.05) is 5.34 Å². The molecule has 1 aliphatic carbocycles. The highest BCUT2D eigenvalue weighted by atomic mass is 35.5. The van der Waals surface area contributed by atoms with Gasteiger partial charge in [0, 0.05) is 0 Å². The summed E-state index contributed by atoms with van der Waals surface area (Å²) in [6.07, 6.45) is 9.00. The molecule has 1 saturated carbocycles. The smallest absolute Gasteiger partial charge is 0.0967 e. The molecular formula is C7H16Cl2O. The van der Waals surface area contributed by atoms with E-state index in [0.717, 1.165) is 0 Å². The van der Waals surface area contributed by atoms with Gasteiger partial charge in [-0.15, -0.1) is 23.2 Å². The Labute approximate surface area is 73.0 Å². The van der Waals surface area contributed by atoms with Crippen molar-refractivity contribution in [2.45, 2.75) is 38.5 Å². The summed E-state index contributed by atoms with van der Waals surface area (Å²) in [4.78, 5) is 0. The average Bonchev–Trinajstić information content (AvgIpc) is 1.93. The summed E-state index contributed by atoms with van der Waals surface area (Å²) in [5, 5.41) is 0.194. The predicted molar refractivity (Wildman–Crippen MR) is 47.9 cm³/mol. The van der Waals surface area contributed by atoms with Gasteiger partial charge in [-0.25, -0.2) is 0 Å². The van der Waals surface area contributed by atoms with Crippen molar-refractivity contribution < 1.29 is 5.48 Å². The van der Waals surface area contributed by atoms with Crippen molar-refractivity contribution >= 4 is 23.2 Å². The van der Waals surface area contributed by atoms with Gasteiger partial charge in [-0.2, -0.15) is 0 Å². The van der Waals surface area contributed by atoms with E-state index < -0.39 is 0 Å². The lowest BCUT2D eigenvalue weighted by atomic mass is 10.0. The normalized spacial score (nSPS) is 16.2. The Morgan fingerprint density at radius 3 is 0.900 bits per heavy atom. The summed E-state index contributed by atoms with van der Waals surface area (Å²) in [6, 6.07) is 0. The van der Waals surface area contributed by atoms with Crippen molar-refractivity contribution in [3.8, 4) is 0 Å². The van der Waals surface area contributed by atoms with Crippen LogP contribution in [0.15, 0.2) is 0 Å². The molecule has 3 heteroatoms. The highest BCUT2D eigenvalue weighted by molar-refractivity contribution is 6.40. The first-order valence-corrected chi connectivity index (χ1v) is 4.60. The third-order valence-corrected chi connectivity index (χ3v) is 1.50. The van der Waals surface area contributed by atoms with E-state index in [1.807, 2.05) is 0 Å². The quantitative estimate of drug-likeness (QED) is 0.522. The number of hydrogen-bond donors (Lipinski definition) is 0. The standard InChI is InChI=1S/C6H12.CH2Cl2.H2O/c1-2-4-6-5-3-1;2-1-3;/h1-6H2;1H2;1H2. The number of alkyl halides is 2. The molecule has 1 fully saturated rings. The molecule has 2 N–H and O–H groups in total. The summed E-state index contributed by atoms with van der Waals surface area (Å²) in [7, 11) is 0. The van der Waals surface area contributed by atoms with E-state index in [0.29, 0.717) is 0 Å². The Kier molecular flexibility index (Phi) is 16.1. The molecule has 1 nitrogen and oxygen atoms in total. The second-order valence-electron chi connectivity index (χ2n) is 2.22. The Balaban J connectivity index is 0. The molecule has 0 aromatic heterocycles. The molecule has 0 amide bonds. The van der Waals surface area contributed by atoms with Crippen LogP contribution >= 0.6 is 23.2 Å². The van der Waals surface area contributed by atoms with Gasteiger partial charge in [-0.05, 0) is 0 Å². The van der Waals surface area contributed by atoms with Gasteiger partial charge in [0.05, 0.1) is 5.34 Å². The lowest BCUT2D eigenvalue weighted by molar-refractivity contribution is 0.504. The molecule has 1 rings (SSSR count). The molecule has 10 heavy (non-hydrogen) atoms. The SMILES string of the molecule is C1CCCCC1.ClCCl.O. The zero-order chi connectivity index (χ0) is 6.95. The summed E-state index contributed by atoms with van der Waals surface area (Å²) >= 11 is 9.53. The molecule has 0 bridgehead atoms. The van der Waals surface area contributed by atoms with E-state index in [1.165, 1.54) is 38.5 Å². The van der Waals surface area contributed by atoms with Crippen molar-refractivity contribution in [1.29, 1.82) is 0 Å². The van der Waals surface area contributed by atoms with Gasteiger partial charge >= 0.3 is 0 Å². The first-order valence-electron chi connectivity index (χ1n) is 3.53. The third-order valence-electron chi connectivity index (χ3n) is 1.50. The van der Waals surface area contributed by atoms with E-state index in [1.54, 1.807) is 0 Å². The minimum absolute atomic E-state index is 0. The van der Waals surface area contributed by atoms with Crippen LogP contribution in [0.1, 0.15) is 38.5 Å². The molecule has 0 saturated heterocycles. The number of halogens is 2. The fourth-order valence-electron chi connectivity index (χ4n) is 1.06. The summed E-state index contributed by atoms with van der Waals surface area (Å²) in [5.74, 6) is 0. The molecule has 0 aliphatic heterocycles. The van der Waals surface area contributed by atoms with Crippen molar-refractivity contribution in [2.24, 2.45) is 0 Å². The van der Waals surface area contributed by atoms with Gasteiger partial charge in [-0.1, -0.05) is 38.5 Å². The third kappa shape index (κ3) is 11.4. The molecule has 0 heterocycles. The Hall–Kier alpha value is 0.540. The first-order chi connectivity index (χ1) is 4.41. The lowest BCUT2D eigenvalue weighted by Gasteiger charge is -2.05. The highest BCUT2D eigenvalue weighted by Crippen LogP contribution is 2.15. The van der Waals surface area contributed by atoms with Gasteiger partial charge < -0.3 is 5.48 Å². The molecular weight excluding hydrogens is 171 g/mol. The fraction of sp³-hybridized carbons (Fsp3) is 1.00. The topological polar surface area (TPSA) is 31.5 Å². The van der Waals surface area contributed by atoms with Crippen LogP contribution in [-0.4, -0.2) is 10.8 Å². The van der Waals surface area contributed by atoms with Crippen LogP contribution in [0.3, 0.4) is 0 Å². The van der Waals surface area contributed by atoms with Gasteiger partial charge in [-0.3, -0.25) is 0 Å². The second-order valence-corrected chi connectivity index (χ2v) is 3.03. The largest absolute Gasteiger partial charge is 0.412 e. The van der Waals surface area contributed by atoms with Gasteiger partial charge in [0.1, 0.15) is 0 Å². The summed E-state index contributed by atoms with van der Waals surface area (Å²) < 4.78 is 0. The maximum absolute atomic E-state index is 4.76. The molecule has 0 aromatic rings. The van der Waals surface area contributed by atoms with Crippen LogP contribution in [0.2, 0.25) is 0 Å². The Morgan fingerprint density at radius 1 is 0.700 bits per heavy atom. The zero-order valence-corrected chi connectivity index (χ0v) is 7.72. The minimum Gasteiger partial charge on any atom is -0.412 e. The summed E-state index contributed by atoms with van der Waals surface area (Å²) in [6.45, 7) is 0. The van der Waals surface area contributed by atoms with Crippen LogP contribution in [-0.2, 0) is 0 Å². The van der Waals surface area contributed by atoms with E-state index >= 15 is 0 Å². The van der Waals surface area contributed by atoms with Crippen molar-refractivity contribution in [3.05, 3.63) is 0 Å². The Morgan fingerprint density at radius 2 is 0.800 bits per heavy atom. The van der Waals surface area contributed by atoms with Crippen LogP contribution in [0.25, 0.3) is 0 Å².